The Kier molecular flexibility index (Phi) is 3.24. The molecule has 0 saturated carbocycles. The number of aryl methyl sites for hydroxylation is 1. The Morgan fingerprint density at radius 2 is 2.35 bits per heavy atom. The van der Waals surface area contributed by atoms with Gasteiger partial charge in [0.25, 0.3) is 0 Å². The molecule has 0 aliphatic carbocycles. The molecule has 0 aromatic carbocycles. The fourth-order valence-electron chi connectivity index (χ4n) is 1.84. The molecule has 0 atom stereocenters. The average Bonchev–Trinajstić information content (AvgIpc) is 2.31. The summed E-state index contributed by atoms with van der Waals surface area (Å²) in [6.45, 7) is 6.50. The number of hydrogen-bond donors (Lipinski definition) is 0. The summed E-state index contributed by atoms with van der Waals surface area (Å²) < 4.78 is 2.75. The summed E-state index contributed by atoms with van der Waals surface area (Å²) >= 11 is 5.46. The van der Waals surface area contributed by atoms with Crippen LogP contribution in [0.4, 0.5) is 0 Å². The van der Waals surface area contributed by atoms with E-state index in [-0.39, 0.29) is 0 Å². The maximum atomic E-state index is 5.46. The molecule has 2 aromatic rings. The van der Waals surface area contributed by atoms with E-state index in [1.807, 2.05) is 41.9 Å². The number of pyridine rings is 2. The third-order valence-electron chi connectivity index (χ3n) is 2.65. The van der Waals surface area contributed by atoms with E-state index in [9.17, 15) is 0 Å². The zero-order valence-electron chi connectivity index (χ0n) is 10.1. The van der Waals surface area contributed by atoms with Gasteiger partial charge in [0, 0.05) is 18.6 Å². The molecule has 0 spiro atoms. The van der Waals surface area contributed by atoms with E-state index in [1.165, 1.54) is 0 Å². The van der Waals surface area contributed by atoms with Crippen molar-refractivity contribution in [3.05, 3.63) is 47.3 Å². The van der Waals surface area contributed by atoms with Crippen molar-refractivity contribution in [2.75, 3.05) is 18.6 Å². The van der Waals surface area contributed by atoms with Gasteiger partial charge in [-0.05, 0) is 30.7 Å². The van der Waals surface area contributed by atoms with Gasteiger partial charge in [-0.15, -0.1) is 6.58 Å². The summed E-state index contributed by atoms with van der Waals surface area (Å²) in [6, 6.07) is 6.05. The fraction of sp³-hybridized carbons (Fsp3) is 0.231. The van der Waals surface area contributed by atoms with Gasteiger partial charge in [0.2, 0.25) is 0 Å². The van der Waals surface area contributed by atoms with Crippen LogP contribution in [0.15, 0.2) is 37.1 Å². The second-order valence-corrected chi connectivity index (χ2v) is 4.38. The van der Waals surface area contributed by atoms with Gasteiger partial charge >= 0.3 is 0 Å². The summed E-state index contributed by atoms with van der Waals surface area (Å²) in [5.41, 5.74) is 1.96. The normalized spacial score (nSPS) is 10.5. The summed E-state index contributed by atoms with van der Waals surface area (Å²) in [6.07, 6.45) is 3.63. The van der Waals surface area contributed by atoms with E-state index >= 15 is 0 Å². The topological polar surface area (TPSA) is 21.1 Å². The van der Waals surface area contributed by atoms with E-state index in [0.717, 1.165) is 27.8 Å². The quantitative estimate of drug-likeness (QED) is 0.613. The van der Waals surface area contributed by atoms with E-state index in [2.05, 4.69) is 17.6 Å². The Labute approximate surface area is 106 Å². The maximum absolute atomic E-state index is 5.46. The minimum Gasteiger partial charge on any atom is -0.309 e. The number of fused-ring (bicyclic) bond motifs is 1. The van der Waals surface area contributed by atoms with Crippen LogP contribution in [0.5, 0.6) is 0 Å². The van der Waals surface area contributed by atoms with E-state index < -0.39 is 0 Å². The van der Waals surface area contributed by atoms with E-state index in [1.54, 1.807) is 6.20 Å². The molecule has 0 aliphatic heterocycles. The van der Waals surface area contributed by atoms with Crippen molar-refractivity contribution in [3.8, 4) is 0 Å². The highest BCUT2D eigenvalue weighted by atomic mass is 32.1. The molecule has 4 heteroatoms. The van der Waals surface area contributed by atoms with Gasteiger partial charge < -0.3 is 5.01 Å². The van der Waals surface area contributed by atoms with Crippen LogP contribution in [-0.4, -0.2) is 23.3 Å². The van der Waals surface area contributed by atoms with Gasteiger partial charge in [-0.3, -0.25) is 0 Å². The Morgan fingerprint density at radius 3 is 3.06 bits per heavy atom. The molecule has 0 fully saturated rings. The zero-order chi connectivity index (χ0) is 12.4. The number of hydrogen-bond acceptors (Lipinski definition) is 3. The van der Waals surface area contributed by atoms with Gasteiger partial charge in [-0.2, -0.15) is 0 Å². The molecule has 0 amide bonds. The van der Waals surface area contributed by atoms with Crippen LogP contribution in [0.25, 0.3) is 11.0 Å². The molecule has 0 bridgehead atoms. The molecule has 2 rings (SSSR count). The summed E-state index contributed by atoms with van der Waals surface area (Å²) in [5.74, 6) is 0. The molecule has 88 valence electrons. The lowest BCUT2D eigenvalue weighted by Gasteiger charge is -2.23. The largest absolute Gasteiger partial charge is 0.309 e. The van der Waals surface area contributed by atoms with Crippen LogP contribution in [0.1, 0.15) is 5.56 Å². The predicted octanol–water partition coefficient (Wildman–Crippen LogP) is 2.83. The molecule has 2 heterocycles. The molecular weight excluding hydrogens is 230 g/mol. The van der Waals surface area contributed by atoms with Crippen LogP contribution in [-0.2, 0) is 0 Å². The second kappa shape index (κ2) is 4.67. The first-order chi connectivity index (χ1) is 8.15. The molecule has 2 aromatic heterocycles. The lowest BCUT2D eigenvalue weighted by molar-refractivity contribution is 0.696. The number of likely N-dealkylation sites (N-methyl/N-ethyl adjacent to an activating group) is 1. The van der Waals surface area contributed by atoms with Gasteiger partial charge in [0.15, 0.2) is 5.65 Å². The van der Waals surface area contributed by atoms with Crippen molar-refractivity contribution in [3.63, 3.8) is 0 Å². The molecule has 17 heavy (non-hydrogen) atoms. The highest BCUT2D eigenvalue weighted by Gasteiger charge is 2.07. The zero-order valence-corrected chi connectivity index (χ0v) is 10.9. The van der Waals surface area contributed by atoms with Crippen molar-refractivity contribution in [2.45, 2.75) is 6.92 Å². The minimum atomic E-state index is 0.726. The van der Waals surface area contributed by atoms with Crippen LogP contribution in [0.2, 0.25) is 0 Å². The molecule has 3 nitrogen and oxygen atoms in total. The second-order valence-electron chi connectivity index (χ2n) is 3.99. The number of rotatable bonds is 3. The van der Waals surface area contributed by atoms with Gasteiger partial charge in [-0.25, -0.2) is 9.66 Å². The Morgan fingerprint density at radius 1 is 1.59 bits per heavy atom. The minimum absolute atomic E-state index is 0.726. The van der Waals surface area contributed by atoms with Crippen molar-refractivity contribution in [1.82, 2.24) is 9.66 Å². The first-order valence-corrected chi connectivity index (χ1v) is 5.85. The SMILES string of the molecule is C=CCN(C)n1c(=S)c(C)cc2cccnc21. The van der Waals surface area contributed by atoms with Crippen LogP contribution < -0.4 is 5.01 Å². The van der Waals surface area contributed by atoms with Crippen molar-refractivity contribution in [1.29, 1.82) is 0 Å². The van der Waals surface area contributed by atoms with E-state index in [4.69, 9.17) is 12.2 Å². The van der Waals surface area contributed by atoms with Gasteiger partial charge in [0.05, 0.1) is 6.54 Å². The fourth-order valence-corrected chi connectivity index (χ4v) is 2.13. The standard InChI is InChI=1S/C13H15N3S/c1-4-8-15(3)16-12-11(6-5-7-14-12)9-10(2)13(16)17/h4-7,9H,1,8H2,2-3H3. The first kappa shape index (κ1) is 11.8. The summed E-state index contributed by atoms with van der Waals surface area (Å²) in [7, 11) is 1.98. The van der Waals surface area contributed by atoms with Crippen LogP contribution in [0, 0.1) is 11.6 Å². The Balaban J connectivity index is 2.78. The molecular formula is C13H15N3S. The van der Waals surface area contributed by atoms with Gasteiger partial charge in [-0.1, -0.05) is 18.3 Å². The van der Waals surface area contributed by atoms with E-state index in [0.29, 0.717) is 0 Å². The highest BCUT2D eigenvalue weighted by molar-refractivity contribution is 7.71. The number of nitrogens with zero attached hydrogens (tertiary/aromatic N) is 3. The molecule has 0 aliphatic rings. The monoisotopic (exact) mass is 245 g/mol. The first-order valence-electron chi connectivity index (χ1n) is 5.45. The average molecular weight is 245 g/mol. The maximum Gasteiger partial charge on any atom is 0.159 e. The molecule has 0 N–H and O–H groups in total. The molecule has 0 saturated heterocycles. The lowest BCUT2D eigenvalue weighted by Crippen LogP contribution is -2.31. The van der Waals surface area contributed by atoms with Crippen molar-refractivity contribution < 1.29 is 0 Å². The molecule has 0 unspecified atom stereocenters. The summed E-state index contributed by atoms with van der Waals surface area (Å²) in [4.78, 5) is 4.41. The van der Waals surface area contributed by atoms with Crippen molar-refractivity contribution in [2.24, 2.45) is 0 Å². The lowest BCUT2D eigenvalue weighted by atomic mass is 10.2. The highest BCUT2D eigenvalue weighted by Crippen LogP contribution is 2.15. The molecule has 0 radical (unpaired) electrons. The predicted molar refractivity (Wildman–Crippen MR) is 74.5 cm³/mol. The smallest absolute Gasteiger partial charge is 0.159 e. The third-order valence-corrected chi connectivity index (χ3v) is 3.15. The Hall–Kier alpha value is -1.68. The number of aromatic nitrogens is 2. The van der Waals surface area contributed by atoms with Crippen molar-refractivity contribution >= 4 is 23.3 Å². The Bertz CT molecular complexity index is 616. The van der Waals surface area contributed by atoms with Crippen LogP contribution >= 0.6 is 12.2 Å². The van der Waals surface area contributed by atoms with Gasteiger partial charge in [0.1, 0.15) is 4.64 Å². The summed E-state index contributed by atoms with van der Waals surface area (Å²) in [5, 5.41) is 3.10. The third kappa shape index (κ3) is 2.08. The van der Waals surface area contributed by atoms with Crippen LogP contribution in [0.3, 0.4) is 0 Å².